The van der Waals surface area contributed by atoms with E-state index < -0.39 is 0 Å². The number of hydrogen-bond acceptors (Lipinski definition) is 5. The molecular formula is C18H15ClN4OS. The molecule has 0 unspecified atom stereocenters. The van der Waals surface area contributed by atoms with Crippen molar-refractivity contribution in [1.82, 2.24) is 14.8 Å². The molecule has 7 heteroatoms. The highest BCUT2D eigenvalue weighted by Gasteiger charge is 2.15. The van der Waals surface area contributed by atoms with Gasteiger partial charge in [0.15, 0.2) is 11.0 Å². The van der Waals surface area contributed by atoms with E-state index in [4.69, 9.17) is 21.6 Å². The Kier molecular flexibility index (Phi) is 5.59. The van der Waals surface area contributed by atoms with Gasteiger partial charge in [0.05, 0.1) is 17.5 Å². The first-order valence-electron chi connectivity index (χ1n) is 7.57. The number of aryl methyl sites for hydroxylation is 1. The molecule has 0 atom stereocenters. The Balaban J connectivity index is 1.92. The smallest absolute Gasteiger partial charge is 0.196 e. The predicted molar refractivity (Wildman–Crippen MR) is 98.2 cm³/mol. The first-order chi connectivity index (χ1) is 12.2. The fourth-order valence-corrected chi connectivity index (χ4v) is 3.14. The molecule has 2 aromatic carbocycles. The third-order valence-electron chi connectivity index (χ3n) is 3.48. The van der Waals surface area contributed by atoms with E-state index in [1.807, 2.05) is 54.0 Å². The minimum Gasteiger partial charge on any atom is -0.485 e. The van der Waals surface area contributed by atoms with Gasteiger partial charge in [0, 0.05) is 5.02 Å². The second kappa shape index (κ2) is 8.06. The number of thioether (sulfide) groups is 1. The van der Waals surface area contributed by atoms with Crippen LogP contribution in [0.2, 0.25) is 5.02 Å². The standard InChI is InChI=1S/C18H15ClN4OS/c1-13-5-2-3-8-16(13)24-12-17-21-22-18(25-10-9-20)23(17)15-7-4-6-14(19)11-15/h2-8,11H,10,12H2,1H3. The summed E-state index contributed by atoms with van der Waals surface area (Å²) in [6, 6.07) is 17.3. The topological polar surface area (TPSA) is 63.7 Å². The SMILES string of the molecule is Cc1ccccc1OCc1nnc(SCC#N)n1-c1cccc(Cl)c1. The van der Waals surface area contributed by atoms with Crippen LogP contribution in [-0.2, 0) is 6.61 Å². The summed E-state index contributed by atoms with van der Waals surface area (Å²) in [5.74, 6) is 1.73. The largest absolute Gasteiger partial charge is 0.485 e. The van der Waals surface area contributed by atoms with Crippen molar-refractivity contribution >= 4 is 23.4 Å². The second-order valence-electron chi connectivity index (χ2n) is 5.22. The number of ether oxygens (including phenoxy) is 1. The van der Waals surface area contributed by atoms with Gasteiger partial charge in [-0.25, -0.2) is 0 Å². The molecule has 3 aromatic rings. The molecular weight excluding hydrogens is 356 g/mol. The van der Waals surface area contributed by atoms with Crippen molar-refractivity contribution in [2.45, 2.75) is 18.7 Å². The zero-order chi connectivity index (χ0) is 17.6. The molecule has 0 amide bonds. The number of aromatic nitrogens is 3. The van der Waals surface area contributed by atoms with Crippen molar-refractivity contribution in [3.63, 3.8) is 0 Å². The van der Waals surface area contributed by atoms with Crippen LogP contribution in [0.4, 0.5) is 0 Å². The van der Waals surface area contributed by atoms with Crippen molar-refractivity contribution in [2.75, 3.05) is 5.75 Å². The van der Waals surface area contributed by atoms with Gasteiger partial charge in [0.25, 0.3) is 0 Å². The van der Waals surface area contributed by atoms with Crippen molar-refractivity contribution in [2.24, 2.45) is 0 Å². The van der Waals surface area contributed by atoms with Crippen molar-refractivity contribution < 1.29 is 4.74 Å². The first kappa shape index (κ1) is 17.3. The number of benzene rings is 2. The Morgan fingerprint density at radius 2 is 2.04 bits per heavy atom. The normalized spacial score (nSPS) is 10.4. The highest BCUT2D eigenvalue weighted by molar-refractivity contribution is 7.99. The molecule has 0 aliphatic rings. The number of rotatable bonds is 6. The molecule has 3 rings (SSSR count). The minimum atomic E-state index is 0.261. The number of para-hydroxylation sites is 1. The van der Waals surface area contributed by atoms with Crippen LogP contribution in [0.3, 0.4) is 0 Å². The predicted octanol–water partition coefficient (Wildman–Crippen LogP) is 4.42. The lowest BCUT2D eigenvalue weighted by molar-refractivity contribution is 0.291. The van der Waals surface area contributed by atoms with Gasteiger partial charge in [-0.2, -0.15) is 5.26 Å². The van der Waals surface area contributed by atoms with E-state index >= 15 is 0 Å². The van der Waals surface area contributed by atoms with E-state index in [2.05, 4.69) is 16.3 Å². The van der Waals surface area contributed by atoms with Crippen molar-refractivity contribution in [1.29, 1.82) is 5.26 Å². The van der Waals surface area contributed by atoms with Crippen molar-refractivity contribution in [3.05, 3.63) is 64.9 Å². The lowest BCUT2D eigenvalue weighted by Crippen LogP contribution is -2.07. The van der Waals surface area contributed by atoms with E-state index in [1.54, 1.807) is 6.07 Å². The monoisotopic (exact) mass is 370 g/mol. The molecule has 0 bridgehead atoms. The average molecular weight is 371 g/mol. The maximum Gasteiger partial charge on any atom is 0.196 e. The summed E-state index contributed by atoms with van der Waals surface area (Å²) in [5.41, 5.74) is 1.89. The molecule has 0 spiro atoms. The first-order valence-corrected chi connectivity index (χ1v) is 8.94. The van der Waals surface area contributed by atoms with Gasteiger partial charge in [-0.15, -0.1) is 10.2 Å². The quantitative estimate of drug-likeness (QED) is 0.601. The summed E-state index contributed by atoms with van der Waals surface area (Å²) in [7, 11) is 0. The lowest BCUT2D eigenvalue weighted by atomic mass is 10.2. The maximum atomic E-state index is 8.85. The number of hydrogen-bond donors (Lipinski definition) is 0. The highest BCUT2D eigenvalue weighted by Crippen LogP contribution is 2.25. The molecule has 0 radical (unpaired) electrons. The van der Waals surface area contributed by atoms with E-state index in [-0.39, 0.29) is 12.4 Å². The van der Waals surface area contributed by atoms with Crippen molar-refractivity contribution in [3.8, 4) is 17.5 Å². The fourth-order valence-electron chi connectivity index (χ4n) is 2.32. The van der Waals surface area contributed by atoms with Gasteiger partial charge in [0.1, 0.15) is 12.4 Å². The van der Waals surface area contributed by atoms with Crippen LogP contribution in [0.15, 0.2) is 53.7 Å². The van der Waals surface area contributed by atoms with E-state index in [1.165, 1.54) is 11.8 Å². The Hall–Kier alpha value is -2.49. The molecule has 0 N–H and O–H groups in total. The number of halogens is 1. The Labute approximate surface area is 155 Å². The minimum absolute atomic E-state index is 0.261. The molecule has 25 heavy (non-hydrogen) atoms. The molecule has 0 aliphatic heterocycles. The highest BCUT2D eigenvalue weighted by atomic mass is 35.5. The van der Waals surface area contributed by atoms with Gasteiger partial charge in [-0.05, 0) is 36.8 Å². The Bertz CT molecular complexity index is 919. The molecule has 1 aromatic heterocycles. The van der Waals surface area contributed by atoms with E-state index in [0.29, 0.717) is 16.0 Å². The summed E-state index contributed by atoms with van der Waals surface area (Å²) in [4.78, 5) is 0. The van der Waals surface area contributed by atoms with Crippen LogP contribution in [0.1, 0.15) is 11.4 Å². The lowest BCUT2D eigenvalue weighted by Gasteiger charge is -2.12. The number of nitrogens with zero attached hydrogens (tertiary/aromatic N) is 4. The molecule has 5 nitrogen and oxygen atoms in total. The average Bonchev–Trinajstić information content (AvgIpc) is 3.02. The summed E-state index contributed by atoms with van der Waals surface area (Å²) in [6.45, 7) is 2.25. The van der Waals surface area contributed by atoms with Gasteiger partial charge in [-0.1, -0.05) is 47.6 Å². The van der Waals surface area contributed by atoms with Crippen LogP contribution >= 0.6 is 23.4 Å². The molecule has 0 aliphatic carbocycles. The van der Waals surface area contributed by atoms with Gasteiger partial charge in [0.2, 0.25) is 0 Å². The Morgan fingerprint density at radius 1 is 1.20 bits per heavy atom. The van der Waals surface area contributed by atoms with E-state index in [0.717, 1.165) is 17.0 Å². The molecule has 126 valence electrons. The van der Waals surface area contributed by atoms with Crippen LogP contribution in [0.25, 0.3) is 5.69 Å². The summed E-state index contributed by atoms with van der Waals surface area (Å²) < 4.78 is 7.77. The molecule has 0 saturated carbocycles. The fraction of sp³-hybridized carbons (Fsp3) is 0.167. The van der Waals surface area contributed by atoms with Crippen LogP contribution in [-0.4, -0.2) is 20.5 Å². The second-order valence-corrected chi connectivity index (χ2v) is 6.59. The Morgan fingerprint density at radius 3 is 2.80 bits per heavy atom. The van der Waals surface area contributed by atoms with Gasteiger partial charge in [-0.3, -0.25) is 4.57 Å². The van der Waals surface area contributed by atoms with E-state index in [9.17, 15) is 0 Å². The number of nitriles is 1. The summed E-state index contributed by atoms with van der Waals surface area (Å²) >= 11 is 7.44. The third kappa shape index (κ3) is 4.13. The molecule has 1 heterocycles. The summed E-state index contributed by atoms with van der Waals surface area (Å²) in [6.07, 6.45) is 0. The van der Waals surface area contributed by atoms with Gasteiger partial charge < -0.3 is 4.74 Å². The maximum absolute atomic E-state index is 8.85. The van der Waals surface area contributed by atoms with Crippen LogP contribution in [0, 0.1) is 18.3 Å². The zero-order valence-corrected chi connectivity index (χ0v) is 15.1. The molecule has 0 saturated heterocycles. The summed E-state index contributed by atoms with van der Waals surface area (Å²) in [5, 5.41) is 18.5. The van der Waals surface area contributed by atoms with Gasteiger partial charge >= 0.3 is 0 Å². The van der Waals surface area contributed by atoms with Crippen LogP contribution in [0.5, 0.6) is 5.75 Å². The zero-order valence-electron chi connectivity index (χ0n) is 13.5. The third-order valence-corrected chi connectivity index (χ3v) is 4.51. The molecule has 0 fully saturated rings. The van der Waals surface area contributed by atoms with Crippen LogP contribution < -0.4 is 4.74 Å².